The van der Waals surface area contributed by atoms with Crippen molar-refractivity contribution in [1.82, 2.24) is 4.90 Å². The number of ether oxygens (including phenoxy) is 1. The van der Waals surface area contributed by atoms with Gasteiger partial charge in [0, 0.05) is 18.5 Å². The summed E-state index contributed by atoms with van der Waals surface area (Å²) in [7, 11) is 1.57. The Hall–Kier alpha value is -1.05. The molecule has 19 heavy (non-hydrogen) atoms. The van der Waals surface area contributed by atoms with Gasteiger partial charge in [-0.15, -0.1) is 23.1 Å². The van der Waals surface area contributed by atoms with Crippen LogP contribution >= 0.6 is 23.1 Å². The highest BCUT2D eigenvalue weighted by Gasteiger charge is 2.41. The summed E-state index contributed by atoms with van der Waals surface area (Å²) in [5.74, 6) is -0.695. The summed E-state index contributed by atoms with van der Waals surface area (Å²) in [5, 5.41) is 10.6. The predicted molar refractivity (Wildman–Crippen MR) is 74.5 cm³/mol. The molecule has 0 bridgehead atoms. The van der Waals surface area contributed by atoms with E-state index in [0.717, 1.165) is 4.88 Å². The van der Waals surface area contributed by atoms with Gasteiger partial charge in [-0.2, -0.15) is 0 Å². The molecular weight excluding hydrogens is 286 g/mol. The number of carbonyl (C=O) groups excluding carboxylic acids is 1. The number of aliphatic carboxylic acids is 1. The van der Waals surface area contributed by atoms with Gasteiger partial charge < -0.3 is 14.7 Å². The summed E-state index contributed by atoms with van der Waals surface area (Å²) in [5.41, 5.74) is 0. The van der Waals surface area contributed by atoms with Crippen LogP contribution in [0.2, 0.25) is 0 Å². The van der Waals surface area contributed by atoms with Crippen molar-refractivity contribution in [3.8, 4) is 0 Å². The van der Waals surface area contributed by atoms with E-state index in [-0.39, 0.29) is 11.7 Å². The maximum atomic E-state index is 12.0. The standard InChI is InChI=1S/C12H15NO4S2/c1-17-5-4-13-9(14)7-19-11(12(15)16)10(13)8-3-2-6-18-8/h2-3,6,10-11H,4-5,7H2,1H3,(H,15,16). The number of rotatable bonds is 5. The molecule has 2 heterocycles. The second-order valence-electron chi connectivity index (χ2n) is 4.11. The van der Waals surface area contributed by atoms with Crippen molar-refractivity contribution in [1.29, 1.82) is 0 Å². The topological polar surface area (TPSA) is 66.8 Å². The Bertz CT molecular complexity index is 449. The van der Waals surface area contributed by atoms with Gasteiger partial charge in [-0.05, 0) is 11.4 Å². The van der Waals surface area contributed by atoms with Gasteiger partial charge in [-0.1, -0.05) is 6.07 Å². The molecule has 1 amide bonds. The molecule has 5 nitrogen and oxygen atoms in total. The van der Waals surface area contributed by atoms with Crippen LogP contribution in [0.4, 0.5) is 0 Å². The maximum absolute atomic E-state index is 12.0. The van der Waals surface area contributed by atoms with E-state index in [9.17, 15) is 14.7 Å². The quantitative estimate of drug-likeness (QED) is 0.892. The van der Waals surface area contributed by atoms with Crippen molar-refractivity contribution >= 4 is 35.0 Å². The van der Waals surface area contributed by atoms with E-state index in [0.29, 0.717) is 13.2 Å². The lowest BCUT2D eigenvalue weighted by Gasteiger charge is -2.38. The first-order valence-corrected chi connectivity index (χ1v) is 7.74. The van der Waals surface area contributed by atoms with Crippen LogP contribution in [0.3, 0.4) is 0 Å². The van der Waals surface area contributed by atoms with Crippen molar-refractivity contribution in [3.63, 3.8) is 0 Å². The lowest BCUT2D eigenvalue weighted by atomic mass is 10.1. The van der Waals surface area contributed by atoms with Gasteiger partial charge in [0.2, 0.25) is 5.91 Å². The molecule has 7 heteroatoms. The summed E-state index contributed by atoms with van der Waals surface area (Å²) in [6, 6.07) is 3.35. The SMILES string of the molecule is COCCN1C(=O)CSC(C(=O)O)C1c1cccs1. The minimum Gasteiger partial charge on any atom is -0.480 e. The second kappa shape index (κ2) is 6.40. The average molecular weight is 301 g/mol. The lowest BCUT2D eigenvalue weighted by Crippen LogP contribution is -2.48. The number of hydrogen-bond donors (Lipinski definition) is 1. The third kappa shape index (κ3) is 3.10. The Labute approximate surface area is 119 Å². The molecule has 0 spiro atoms. The number of carboxylic acids is 1. The molecule has 1 saturated heterocycles. The van der Waals surface area contributed by atoms with Gasteiger partial charge in [-0.25, -0.2) is 0 Å². The van der Waals surface area contributed by atoms with E-state index >= 15 is 0 Å². The Kier molecular flexibility index (Phi) is 4.84. The molecule has 1 aromatic heterocycles. The number of nitrogens with zero attached hydrogens (tertiary/aromatic N) is 1. The van der Waals surface area contributed by atoms with Crippen LogP contribution in [0.1, 0.15) is 10.9 Å². The highest BCUT2D eigenvalue weighted by Crippen LogP contribution is 2.38. The van der Waals surface area contributed by atoms with E-state index in [4.69, 9.17) is 4.74 Å². The normalized spacial score (nSPS) is 23.6. The Morgan fingerprint density at radius 2 is 2.42 bits per heavy atom. The van der Waals surface area contributed by atoms with Crippen molar-refractivity contribution in [3.05, 3.63) is 22.4 Å². The number of thioether (sulfide) groups is 1. The van der Waals surface area contributed by atoms with Crippen LogP contribution in [0.15, 0.2) is 17.5 Å². The van der Waals surface area contributed by atoms with E-state index in [1.165, 1.54) is 23.1 Å². The molecule has 1 aliphatic heterocycles. The fraction of sp³-hybridized carbons (Fsp3) is 0.500. The maximum Gasteiger partial charge on any atom is 0.319 e. The van der Waals surface area contributed by atoms with Crippen LogP contribution in [0.5, 0.6) is 0 Å². The zero-order chi connectivity index (χ0) is 13.8. The first-order chi connectivity index (χ1) is 9.15. The van der Waals surface area contributed by atoms with Gasteiger partial charge in [0.15, 0.2) is 0 Å². The Balaban J connectivity index is 2.29. The van der Waals surface area contributed by atoms with E-state index in [2.05, 4.69) is 0 Å². The largest absolute Gasteiger partial charge is 0.480 e. The van der Waals surface area contributed by atoms with Crippen LogP contribution in [-0.2, 0) is 14.3 Å². The molecule has 0 aliphatic carbocycles. The average Bonchev–Trinajstić information content (AvgIpc) is 2.90. The molecule has 1 aliphatic rings. The zero-order valence-corrected chi connectivity index (χ0v) is 12.1. The van der Waals surface area contributed by atoms with Crippen LogP contribution in [-0.4, -0.2) is 53.1 Å². The molecule has 104 valence electrons. The zero-order valence-electron chi connectivity index (χ0n) is 10.4. The molecule has 1 N–H and O–H groups in total. The molecule has 1 fully saturated rings. The summed E-state index contributed by atoms with van der Waals surface area (Å²) in [6.07, 6.45) is 0. The molecular formula is C12H15NO4S2. The first-order valence-electron chi connectivity index (χ1n) is 5.81. The molecule has 2 rings (SSSR count). The van der Waals surface area contributed by atoms with E-state index in [1.807, 2.05) is 17.5 Å². The third-order valence-electron chi connectivity index (χ3n) is 2.94. The fourth-order valence-electron chi connectivity index (χ4n) is 2.08. The summed E-state index contributed by atoms with van der Waals surface area (Å²) >= 11 is 2.68. The molecule has 1 aromatic rings. The van der Waals surface area contributed by atoms with Crippen molar-refractivity contribution in [2.45, 2.75) is 11.3 Å². The van der Waals surface area contributed by atoms with Gasteiger partial charge in [0.25, 0.3) is 0 Å². The van der Waals surface area contributed by atoms with Crippen molar-refractivity contribution in [2.75, 3.05) is 26.0 Å². The highest BCUT2D eigenvalue weighted by atomic mass is 32.2. The van der Waals surface area contributed by atoms with Crippen molar-refractivity contribution < 1.29 is 19.4 Å². The van der Waals surface area contributed by atoms with Gasteiger partial charge in [-0.3, -0.25) is 9.59 Å². The van der Waals surface area contributed by atoms with Crippen LogP contribution in [0.25, 0.3) is 0 Å². The van der Waals surface area contributed by atoms with E-state index in [1.54, 1.807) is 12.0 Å². The molecule has 2 unspecified atom stereocenters. The first kappa shape index (κ1) is 14.4. The van der Waals surface area contributed by atoms with Crippen LogP contribution in [0, 0.1) is 0 Å². The number of amides is 1. The molecule has 0 saturated carbocycles. The minimum absolute atomic E-state index is 0.0297. The molecule has 0 radical (unpaired) electrons. The number of methoxy groups -OCH3 is 1. The molecule has 0 aromatic carbocycles. The third-order valence-corrected chi connectivity index (χ3v) is 5.12. The van der Waals surface area contributed by atoms with Gasteiger partial charge in [0.05, 0.1) is 18.4 Å². The number of carboxylic acid groups (broad SMARTS) is 1. The van der Waals surface area contributed by atoms with Gasteiger partial charge in [0.1, 0.15) is 5.25 Å². The summed E-state index contributed by atoms with van der Waals surface area (Å²) < 4.78 is 5.01. The lowest BCUT2D eigenvalue weighted by molar-refractivity contribution is -0.140. The number of carbonyl (C=O) groups is 2. The Morgan fingerprint density at radius 3 is 3.00 bits per heavy atom. The minimum atomic E-state index is -0.877. The fourth-order valence-corrected chi connectivity index (χ4v) is 4.14. The van der Waals surface area contributed by atoms with Crippen molar-refractivity contribution in [2.24, 2.45) is 0 Å². The second-order valence-corrected chi connectivity index (χ2v) is 6.22. The van der Waals surface area contributed by atoms with Gasteiger partial charge >= 0.3 is 5.97 Å². The van der Waals surface area contributed by atoms with E-state index < -0.39 is 17.3 Å². The monoisotopic (exact) mass is 301 g/mol. The summed E-state index contributed by atoms with van der Waals surface area (Å²) in [6.45, 7) is 0.826. The number of hydrogen-bond acceptors (Lipinski definition) is 5. The number of thiophene rings is 1. The predicted octanol–water partition coefficient (Wildman–Crippen LogP) is 1.46. The summed E-state index contributed by atoms with van der Waals surface area (Å²) in [4.78, 5) is 26.0. The Morgan fingerprint density at radius 1 is 1.63 bits per heavy atom. The van der Waals surface area contributed by atoms with Crippen LogP contribution < -0.4 is 0 Å². The molecule has 2 atom stereocenters. The smallest absolute Gasteiger partial charge is 0.319 e. The highest BCUT2D eigenvalue weighted by molar-refractivity contribution is 8.01.